The van der Waals surface area contributed by atoms with Crippen molar-refractivity contribution in [2.45, 2.75) is 32.6 Å². The van der Waals surface area contributed by atoms with Crippen LogP contribution in [0.4, 0.5) is 0 Å². The summed E-state index contributed by atoms with van der Waals surface area (Å²) in [5.41, 5.74) is 5.51. The third-order valence-corrected chi connectivity index (χ3v) is 4.94. The van der Waals surface area contributed by atoms with Crippen LogP contribution in [0.15, 0.2) is 35.2 Å². The van der Waals surface area contributed by atoms with Crippen LogP contribution in [-0.4, -0.2) is 17.1 Å². The lowest BCUT2D eigenvalue weighted by Crippen LogP contribution is -1.98. The topological polar surface area (TPSA) is 37.3 Å². The molecule has 0 radical (unpaired) electrons. The van der Waals surface area contributed by atoms with Gasteiger partial charge >= 0.3 is 0 Å². The lowest BCUT2D eigenvalue weighted by atomic mass is 10.0. The Balaban J connectivity index is 2.29. The van der Waals surface area contributed by atoms with Gasteiger partial charge in [0.25, 0.3) is 0 Å². The van der Waals surface area contributed by atoms with E-state index in [4.69, 9.17) is 0 Å². The van der Waals surface area contributed by atoms with Crippen LogP contribution in [0.1, 0.15) is 38.2 Å². The van der Waals surface area contributed by atoms with E-state index in [0.717, 1.165) is 27.8 Å². The molecule has 0 amide bonds. The highest BCUT2D eigenvalue weighted by molar-refractivity contribution is 7.98. The first-order chi connectivity index (χ1) is 10.8. The third kappa shape index (κ3) is 3.85. The monoisotopic (exact) mass is 326 g/mol. The number of ketones is 1. The first-order valence-corrected chi connectivity index (χ1v) is 8.73. The average Bonchev–Trinajstić information content (AvgIpc) is 2.49. The molecule has 1 N–H and O–H groups in total. The minimum Gasteiger partial charge on any atom is -0.507 e. The molecule has 2 aromatic rings. The zero-order valence-corrected chi connectivity index (χ0v) is 15.0. The summed E-state index contributed by atoms with van der Waals surface area (Å²) in [5, 5.41) is 9.80. The van der Waals surface area contributed by atoms with E-state index < -0.39 is 0 Å². The number of aromatic hydroxyl groups is 1. The van der Waals surface area contributed by atoms with Gasteiger partial charge in [0.05, 0.1) is 0 Å². The van der Waals surface area contributed by atoms with Crippen molar-refractivity contribution in [3.05, 3.63) is 63.7 Å². The first kappa shape index (κ1) is 17.4. The summed E-state index contributed by atoms with van der Waals surface area (Å²) in [6.45, 7) is 7.78. The molecule has 2 aromatic carbocycles. The summed E-state index contributed by atoms with van der Waals surface area (Å²) >= 11 is 1.70. The molecule has 0 heterocycles. The number of phenols is 1. The molecule has 0 bridgehead atoms. The van der Waals surface area contributed by atoms with Crippen molar-refractivity contribution < 1.29 is 9.90 Å². The third-order valence-electron chi connectivity index (χ3n) is 3.89. The molecule has 0 atom stereocenters. The number of carbonyl (C=O) groups is 1. The number of allylic oxidation sites excluding steroid dienone is 1. The number of benzene rings is 2. The van der Waals surface area contributed by atoms with Crippen molar-refractivity contribution in [2.24, 2.45) is 0 Å². The summed E-state index contributed by atoms with van der Waals surface area (Å²) in [6, 6.07) is 7.64. The van der Waals surface area contributed by atoms with Gasteiger partial charge in [-0.2, -0.15) is 0 Å². The Hall–Kier alpha value is -2.00. The van der Waals surface area contributed by atoms with Crippen molar-refractivity contribution in [1.29, 1.82) is 0 Å². The number of carbonyl (C=O) groups excluding carboxylic acids is 1. The predicted octanol–water partition coefficient (Wildman–Crippen LogP) is 5.24. The van der Waals surface area contributed by atoms with Crippen molar-refractivity contribution in [3.63, 3.8) is 0 Å². The lowest BCUT2D eigenvalue weighted by molar-refractivity contribution is 0.104. The maximum Gasteiger partial charge on any atom is 0.185 e. The van der Waals surface area contributed by atoms with Crippen LogP contribution in [0.5, 0.6) is 5.75 Å². The summed E-state index contributed by atoms with van der Waals surface area (Å²) in [4.78, 5) is 13.6. The van der Waals surface area contributed by atoms with E-state index in [1.165, 1.54) is 4.90 Å². The molecule has 0 fully saturated rings. The van der Waals surface area contributed by atoms with Crippen molar-refractivity contribution in [3.8, 4) is 5.75 Å². The van der Waals surface area contributed by atoms with Crippen LogP contribution in [-0.2, 0) is 0 Å². The summed E-state index contributed by atoms with van der Waals surface area (Å²) < 4.78 is 0. The number of hydrogen-bond acceptors (Lipinski definition) is 3. The highest BCUT2D eigenvalue weighted by atomic mass is 32.2. The van der Waals surface area contributed by atoms with Gasteiger partial charge in [-0.25, -0.2) is 0 Å². The second kappa shape index (κ2) is 7.05. The van der Waals surface area contributed by atoms with Gasteiger partial charge in [-0.05, 0) is 92.1 Å². The van der Waals surface area contributed by atoms with E-state index in [-0.39, 0.29) is 5.78 Å². The molecular weight excluding hydrogens is 304 g/mol. The Bertz CT molecular complexity index is 742. The Morgan fingerprint density at radius 3 is 1.96 bits per heavy atom. The molecule has 2 rings (SSSR count). The number of hydrogen-bond donors (Lipinski definition) is 1. The van der Waals surface area contributed by atoms with Crippen LogP contribution in [0, 0.1) is 27.7 Å². The van der Waals surface area contributed by atoms with Gasteiger partial charge in [0, 0.05) is 10.5 Å². The zero-order chi connectivity index (χ0) is 17.1. The maximum atomic E-state index is 12.4. The predicted molar refractivity (Wildman–Crippen MR) is 98.6 cm³/mol. The molecule has 0 aromatic heterocycles. The molecule has 0 aliphatic carbocycles. The standard InChI is InChI=1S/C20H22O2S/c1-12-8-16(9-13(2)19(12)22)6-7-18(21)17-10-14(3)20(23-5)15(4)11-17/h6-11,22H,1-5H3/b7-6+. The van der Waals surface area contributed by atoms with E-state index in [1.807, 2.05) is 58.2 Å². The van der Waals surface area contributed by atoms with Gasteiger partial charge in [-0.15, -0.1) is 11.8 Å². The van der Waals surface area contributed by atoms with Crippen molar-refractivity contribution >= 4 is 23.6 Å². The van der Waals surface area contributed by atoms with Crippen LogP contribution in [0.2, 0.25) is 0 Å². The minimum atomic E-state index is -0.00719. The normalized spacial score (nSPS) is 11.2. The molecule has 0 saturated heterocycles. The SMILES string of the molecule is CSc1c(C)cc(C(=O)/C=C/c2cc(C)c(O)c(C)c2)cc1C. The Labute approximate surface area is 142 Å². The molecule has 0 aliphatic rings. The van der Waals surface area contributed by atoms with Gasteiger partial charge in [0.1, 0.15) is 5.75 Å². The number of phenolic OH excluding ortho intramolecular Hbond substituents is 1. The van der Waals surface area contributed by atoms with E-state index >= 15 is 0 Å². The van der Waals surface area contributed by atoms with Crippen LogP contribution in [0.3, 0.4) is 0 Å². The fraction of sp³-hybridized carbons (Fsp3) is 0.250. The maximum absolute atomic E-state index is 12.4. The number of rotatable bonds is 4. The fourth-order valence-corrected chi connectivity index (χ4v) is 3.53. The van der Waals surface area contributed by atoms with Crippen LogP contribution in [0.25, 0.3) is 6.08 Å². The van der Waals surface area contributed by atoms with Crippen molar-refractivity contribution in [1.82, 2.24) is 0 Å². The first-order valence-electron chi connectivity index (χ1n) is 7.51. The highest BCUT2D eigenvalue weighted by Gasteiger charge is 2.08. The molecule has 120 valence electrons. The summed E-state index contributed by atoms with van der Waals surface area (Å²) in [5.74, 6) is 0.305. The Morgan fingerprint density at radius 2 is 1.48 bits per heavy atom. The van der Waals surface area contributed by atoms with Crippen molar-refractivity contribution in [2.75, 3.05) is 6.26 Å². The fourth-order valence-electron chi connectivity index (χ4n) is 2.77. The van der Waals surface area contributed by atoms with Crippen LogP contribution >= 0.6 is 11.8 Å². The molecule has 23 heavy (non-hydrogen) atoms. The summed E-state index contributed by atoms with van der Waals surface area (Å²) in [6.07, 6.45) is 5.44. The van der Waals surface area contributed by atoms with Gasteiger partial charge in [0.15, 0.2) is 5.78 Å². The van der Waals surface area contributed by atoms with E-state index in [1.54, 1.807) is 23.9 Å². The molecule has 2 nitrogen and oxygen atoms in total. The van der Waals surface area contributed by atoms with Gasteiger partial charge in [-0.3, -0.25) is 4.79 Å². The molecule has 0 unspecified atom stereocenters. The van der Waals surface area contributed by atoms with Gasteiger partial charge in [-0.1, -0.05) is 6.08 Å². The average molecular weight is 326 g/mol. The minimum absolute atomic E-state index is 0.00719. The van der Waals surface area contributed by atoms with E-state index in [0.29, 0.717) is 11.3 Å². The molecule has 0 spiro atoms. The lowest BCUT2D eigenvalue weighted by Gasteiger charge is -2.09. The van der Waals surface area contributed by atoms with Crippen LogP contribution < -0.4 is 0 Å². The van der Waals surface area contributed by atoms with E-state index in [9.17, 15) is 9.90 Å². The molecule has 0 aliphatic heterocycles. The Kier molecular flexibility index (Phi) is 5.32. The molecular formula is C20H22O2S. The Morgan fingerprint density at radius 1 is 0.957 bits per heavy atom. The summed E-state index contributed by atoms with van der Waals surface area (Å²) in [7, 11) is 0. The number of aryl methyl sites for hydroxylation is 4. The second-order valence-corrected chi connectivity index (χ2v) is 6.66. The molecule has 0 saturated carbocycles. The molecule has 3 heteroatoms. The quantitative estimate of drug-likeness (QED) is 0.474. The number of thioether (sulfide) groups is 1. The smallest absolute Gasteiger partial charge is 0.185 e. The zero-order valence-electron chi connectivity index (χ0n) is 14.2. The highest BCUT2D eigenvalue weighted by Crippen LogP contribution is 2.26. The van der Waals surface area contributed by atoms with E-state index in [2.05, 4.69) is 0 Å². The van der Waals surface area contributed by atoms with Gasteiger partial charge in [0.2, 0.25) is 0 Å². The largest absolute Gasteiger partial charge is 0.507 e. The van der Waals surface area contributed by atoms with Gasteiger partial charge < -0.3 is 5.11 Å². The second-order valence-electron chi connectivity index (χ2n) is 5.84.